The normalized spacial score (nSPS) is 13.4. The lowest BCUT2D eigenvalue weighted by Crippen LogP contribution is -2.31. The summed E-state index contributed by atoms with van der Waals surface area (Å²) in [4.78, 5) is 4.91. The van der Waals surface area contributed by atoms with E-state index in [2.05, 4.69) is 119 Å². The Balaban J connectivity index is 0.965. The molecule has 0 saturated carbocycles. The van der Waals surface area contributed by atoms with Gasteiger partial charge in [-0.1, -0.05) is 159 Å². The SMILES string of the molecule is [2H]c1c([2H])c([2H])c2c(c1[2H])c1c([2H])c([2H])c([2H])c([2H])c1n2-c1ccc2c(c1)c1ccc(Oc3cccc(-n4[c-][n+](-c5c(-c6ccccc6)cccc5-c5ccccc5)c5ccccc54)c3)cc1n2-c1cc(CC(C)C)ccn1. The van der Waals surface area contributed by atoms with Crippen LogP contribution in [0, 0.1) is 12.2 Å². The van der Waals surface area contributed by atoms with Crippen molar-refractivity contribution in [2.45, 2.75) is 20.3 Å². The zero-order chi connectivity index (χ0) is 53.7. The lowest BCUT2D eigenvalue weighted by molar-refractivity contribution is -0.571. The van der Waals surface area contributed by atoms with Crippen LogP contribution in [-0.4, -0.2) is 18.7 Å². The minimum absolute atomic E-state index is 0.0233. The highest BCUT2D eigenvalue weighted by atomic mass is 16.5. The van der Waals surface area contributed by atoms with Crippen molar-refractivity contribution in [2.75, 3.05) is 0 Å². The fraction of sp³-hybridized carbons (Fsp3) is 0.0625. The van der Waals surface area contributed by atoms with Crippen molar-refractivity contribution in [3.05, 3.63) is 242 Å². The third-order valence-corrected chi connectivity index (χ3v) is 13.0. The molecule has 9 aromatic carbocycles. The maximum Gasteiger partial charge on any atom is 0.269 e. The second kappa shape index (κ2) is 17.0. The van der Waals surface area contributed by atoms with Crippen LogP contribution in [0.3, 0.4) is 0 Å². The minimum Gasteiger partial charge on any atom is -0.458 e. The molecule has 70 heavy (non-hydrogen) atoms. The summed E-state index contributed by atoms with van der Waals surface area (Å²) in [6, 6.07) is 55.8. The van der Waals surface area contributed by atoms with Crippen LogP contribution in [-0.2, 0) is 6.42 Å². The van der Waals surface area contributed by atoms with Gasteiger partial charge in [0, 0.05) is 39.5 Å². The Kier molecular flexibility index (Phi) is 8.11. The van der Waals surface area contributed by atoms with Crippen molar-refractivity contribution in [1.29, 1.82) is 0 Å². The number of imidazole rings is 1. The maximum atomic E-state index is 9.14. The van der Waals surface area contributed by atoms with Crippen LogP contribution in [0.5, 0.6) is 11.5 Å². The number of hydrogen-bond acceptors (Lipinski definition) is 2. The zero-order valence-corrected chi connectivity index (χ0v) is 38.2. The van der Waals surface area contributed by atoms with E-state index in [1.54, 1.807) is 4.57 Å². The first-order chi connectivity index (χ1) is 37.9. The second-order valence-electron chi connectivity index (χ2n) is 17.9. The van der Waals surface area contributed by atoms with E-state index in [0.717, 1.165) is 78.5 Å². The molecule has 0 unspecified atom stereocenters. The summed E-state index contributed by atoms with van der Waals surface area (Å²) in [6.45, 7) is 4.36. The van der Waals surface area contributed by atoms with Crippen molar-refractivity contribution < 1.29 is 20.3 Å². The molecule has 0 aliphatic heterocycles. The van der Waals surface area contributed by atoms with E-state index < -0.39 is 24.2 Å². The molecular formula is C64H47N5O. The molecule has 6 nitrogen and oxygen atoms in total. The highest BCUT2D eigenvalue weighted by Gasteiger charge is 2.21. The minimum atomic E-state index is -0.488. The van der Waals surface area contributed by atoms with Crippen molar-refractivity contribution >= 4 is 54.6 Å². The Labute approximate surface area is 417 Å². The number of nitrogens with zero attached hydrogens (tertiary/aromatic N) is 5. The number of para-hydroxylation sites is 5. The van der Waals surface area contributed by atoms with Gasteiger partial charge in [-0.3, -0.25) is 13.7 Å². The highest BCUT2D eigenvalue weighted by Crippen LogP contribution is 2.40. The van der Waals surface area contributed by atoms with Gasteiger partial charge in [0.2, 0.25) is 0 Å². The van der Waals surface area contributed by atoms with Crippen LogP contribution >= 0.6 is 0 Å². The number of aromatic nitrogens is 5. The van der Waals surface area contributed by atoms with Gasteiger partial charge in [-0.15, -0.1) is 0 Å². The molecule has 0 atom stereocenters. The van der Waals surface area contributed by atoms with Gasteiger partial charge in [0.15, 0.2) is 0 Å². The molecule has 4 heterocycles. The third kappa shape index (κ3) is 7.03. The fourth-order valence-corrected chi connectivity index (χ4v) is 10.0. The van der Waals surface area contributed by atoms with Crippen molar-refractivity contribution in [3.8, 4) is 56.6 Å². The highest BCUT2D eigenvalue weighted by molar-refractivity contribution is 6.12. The fourth-order valence-electron chi connectivity index (χ4n) is 10.0. The predicted octanol–water partition coefficient (Wildman–Crippen LogP) is 15.6. The van der Waals surface area contributed by atoms with Crippen molar-refractivity contribution in [1.82, 2.24) is 18.7 Å². The average molecular weight is 910 g/mol. The van der Waals surface area contributed by atoms with Gasteiger partial charge >= 0.3 is 0 Å². The Bertz CT molecular complexity index is 4450. The molecule has 0 saturated heterocycles. The first-order valence-corrected chi connectivity index (χ1v) is 23.4. The van der Waals surface area contributed by atoms with E-state index in [1.807, 2.05) is 97.2 Å². The van der Waals surface area contributed by atoms with Crippen LogP contribution in [0.1, 0.15) is 30.4 Å². The van der Waals surface area contributed by atoms with Gasteiger partial charge in [-0.2, -0.15) is 0 Å². The van der Waals surface area contributed by atoms with E-state index in [4.69, 9.17) is 20.7 Å². The summed E-state index contributed by atoms with van der Waals surface area (Å²) in [7, 11) is 0. The number of rotatable bonds is 10. The summed E-state index contributed by atoms with van der Waals surface area (Å²) in [5.74, 6) is 2.25. The Hall–Kier alpha value is -9.00. The topological polar surface area (TPSA) is 40.8 Å². The largest absolute Gasteiger partial charge is 0.458 e. The van der Waals surface area contributed by atoms with E-state index in [0.29, 0.717) is 28.9 Å². The number of hydrogen-bond donors (Lipinski definition) is 0. The molecule has 13 aromatic rings. The van der Waals surface area contributed by atoms with Gasteiger partial charge in [-0.25, -0.2) is 4.98 Å². The molecule has 0 amide bonds. The molecule has 0 fully saturated rings. The van der Waals surface area contributed by atoms with Crippen LogP contribution in [0.4, 0.5) is 0 Å². The lowest BCUT2D eigenvalue weighted by atomic mass is 9.95. The van der Waals surface area contributed by atoms with Crippen LogP contribution in [0.25, 0.3) is 99.8 Å². The van der Waals surface area contributed by atoms with Gasteiger partial charge in [0.05, 0.1) is 55.4 Å². The monoisotopic (exact) mass is 909 g/mol. The molecule has 13 rings (SSSR count). The number of ether oxygens (including phenoxy) is 1. The average Bonchev–Trinajstić information content (AvgIpc) is 4.16. The molecular weight excluding hydrogens is 855 g/mol. The molecule has 0 aliphatic carbocycles. The number of pyridine rings is 1. The van der Waals surface area contributed by atoms with E-state index in [1.165, 1.54) is 0 Å². The van der Waals surface area contributed by atoms with Crippen LogP contribution < -0.4 is 9.30 Å². The molecule has 4 aromatic heterocycles. The van der Waals surface area contributed by atoms with Gasteiger partial charge in [0.25, 0.3) is 6.33 Å². The van der Waals surface area contributed by atoms with Gasteiger partial charge < -0.3 is 9.30 Å². The summed E-state index contributed by atoms with van der Waals surface area (Å²) < 4.78 is 85.4. The van der Waals surface area contributed by atoms with Crippen LogP contribution in [0.2, 0.25) is 0 Å². The smallest absolute Gasteiger partial charge is 0.269 e. The van der Waals surface area contributed by atoms with Crippen molar-refractivity contribution in [3.63, 3.8) is 0 Å². The first-order valence-electron chi connectivity index (χ1n) is 27.4. The van der Waals surface area contributed by atoms with E-state index in [-0.39, 0.29) is 46.0 Å². The number of fused-ring (bicyclic) bond motifs is 7. The van der Waals surface area contributed by atoms with E-state index >= 15 is 0 Å². The predicted molar refractivity (Wildman–Crippen MR) is 286 cm³/mol. The second-order valence-corrected chi connectivity index (χ2v) is 17.9. The Morgan fingerprint density at radius 1 is 0.529 bits per heavy atom. The zero-order valence-electron chi connectivity index (χ0n) is 46.2. The summed E-state index contributed by atoms with van der Waals surface area (Å²) in [5.41, 5.74) is 11.4. The first kappa shape index (κ1) is 33.5. The maximum absolute atomic E-state index is 9.14. The molecule has 0 bridgehead atoms. The third-order valence-electron chi connectivity index (χ3n) is 13.0. The molecule has 0 N–H and O–H groups in total. The summed E-state index contributed by atoms with van der Waals surface area (Å²) in [5, 5.41) is 1.65. The Morgan fingerprint density at radius 2 is 1.20 bits per heavy atom. The molecule has 0 aliphatic rings. The van der Waals surface area contributed by atoms with E-state index in [9.17, 15) is 0 Å². The molecule has 334 valence electrons. The molecule has 0 spiro atoms. The lowest BCUT2D eigenvalue weighted by Gasteiger charge is -2.17. The summed E-state index contributed by atoms with van der Waals surface area (Å²) >= 11 is 0. The van der Waals surface area contributed by atoms with Crippen molar-refractivity contribution in [2.24, 2.45) is 5.92 Å². The quantitative estimate of drug-likeness (QED) is 0.101. The Morgan fingerprint density at radius 3 is 1.93 bits per heavy atom. The number of benzene rings is 9. The van der Waals surface area contributed by atoms with Crippen LogP contribution in [0.15, 0.2) is 230 Å². The van der Waals surface area contributed by atoms with Gasteiger partial charge in [0.1, 0.15) is 17.3 Å². The summed E-state index contributed by atoms with van der Waals surface area (Å²) in [6.07, 6.45) is 6.42. The van der Waals surface area contributed by atoms with Gasteiger partial charge in [-0.05, 0) is 113 Å². The molecule has 0 radical (unpaired) electrons. The standard InChI is InChI=1S/C64H47N5O/c1-43(2)37-44-35-36-65-63(38-44)69-59-34-31-48(68-57-27-11-9-23-53(57)54-24-10-12-28-58(54)68)40-56(59)55-33-32-50(41-62(55)69)70-49-22-15-21-47(39-49)66-42-67(61-30-14-13-29-60(61)66)64-51(45-17-5-3-6-18-45)25-16-26-52(64)46-19-7-4-8-20-46/h3-36,38-41,43H,37H2,1-2H3/i9D,10D,11D,12D,23D,24D,27D,28D. The molecule has 6 heteroatoms.